The number of aromatic nitrogens is 2. The van der Waals surface area contributed by atoms with Gasteiger partial charge in [0.2, 0.25) is 0 Å². The minimum atomic E-state index is 0.412. The Morgan fingerprint density at radius 3 is 2.70 bits per heavy atom. The lowest BCUT2D eigenvalue weighted by atomic mass is 9.95. The normalized spacial score (nSPS) is 11.1. The third kappa shape index (κ3) is 2.85. The Balaban J connectivity index is 2.47. The number of hydrogen-bond acceptors (Lipinski definition) is 3. The van der Waals surface area contributed by atoms with E-state index in [4.69, 9.17) is 10.5 Å². The molecule has 1 heterocycles. The smallest absolute Gasteiger partial charge is 0.122 e. The summed E-state index contributed by atoms with van der Waals surface area (Å²) in [6.07, 6.45) is 3.88. The van der Waals surface area contributed by atoms with Crippen LogP contribution in [0.4, 0.5) is 0 Å². The third-order valence-corrected chi connectivity index (χ3v) is 3.50. The first-order valence-electron chi connectivity index (χ1n) is 6.97. The zero-order valence-corrected chi connectivity index (χ0v) is 12.7. The molecule has 0 unspecified atom stereocenters. The predicted molar refractivity (Wildman–Crippen MR) is 82.1 cm³/mol. The Kier molecular flexibility index (Phi) is 4.45. The molecule has 4 heteroatoms. The van der Waals surface area contributed by atoms with Crippen LogP contribution >= 0.6 is 0 Å². The molecule has 0 bridgehead atoms. The van der Waals surface area contributed by atoms with Crippen molar-refractivity contribution in [2.75, 3.05) is 13.7 Å². The van der Waals surface area contributed by atoms with E-state index in [1.165, 1.54) is 11.1 Å². The van der Waals surface area contributed by atoms with Gasteiger partial charge in [-0.15, -0.1) is 0 Å². The average Bonchev–Trinajstić information content (AvgIpc) is 2.86. The summed E-state index contributed by atoms with van der Waals surface area (Å²) in [7, 11) is 1.72. The van der Waals surface area contributed by atoms with Crippen LogP contribution in [0.3, 0.4) is 0 Å². The first-order chi connectivity index (χ1) is 9.56. The highest BCUT2D eigenvalue weighted by molar-refractivity contribution is 5.66. The van der Waals surface area contributed by atoms with E-state index in [0.717, 1.165) is 23.6 Å². The summed E-state index contributed by atoms with van der Waals surface area (Å²) < 4.78 is 7.50. The lowest BCUT2D eigenvalue weighted by Gasteiger charge is -2.15. The van der Waals surface area contributed by atoms with Gasteiger partial charge >= 0.3 is 0 Å². The van der Waals surface area contributed by atoms with Crippen molar-refractivity contribution in [3.8, 4) is 17.0 Å². The summed E-state index contributed by atoms with van der Waals surface area (Å²) in [5.41, 5.74) is 10.1. The molecule has 0 atom stereocenters. The highest BCUT2D eigenvalue weighted by atomic mass is 16.5. The molecule has 0 amide bonds. The van der Waals surface area contributed by atoms with E-state index in [1.54, 1.807) is 7.11 Å². The van der Waals surface area contributed by atoms with Crippen molar-refractivity contribution in [2.45, 2.75) is 33.2 Å². The fraction of sp³-hybridized carbons (Fsp3) is 0.438. The maximum atomic E-state index is 5.57. The van der Waals surface area contributed by atoms with Crippen LogP contribution in [0.2, 0.25) is 0 Å². The Hall–Kier alpha value is -1.81. The molecule has 0 fully saturated rings. The molecule has 4 nitrogen and oxygen atoms in total. The summed E-state index contributed by atoms with van der Waals surface area (Å²) >= 11 is 0. The first-order valence-corrected chi connectivity index (χ1v) is 6.97. The molecule has 0 radical (unpaired) electrons. The largest absolute Gasteiger partial charge is 0.496 e. The van der Waals surface area contributed by atoms with Gasteiger partial charge in [0.05, 0.1) is 19.1 Å². The molecule has 108 valence electrons. The fourth-order valence-corrected chi connectivity index (χ4v) is 2.37. The highest BCUT2D eigenvalue weighted by Crippen LogP contribution is 2.33. The molecular weight excluding hydrogens is 250 g/mol. The van der Waals surface area contributed by atoms with Crippen LogP contribution < -0.4 is 10.5 Å². The van der Waals surface area contributed by atoms with Crippen LogP contribution in [-0.4, -0.2) is 23.2 Å². The Morgan fingerprint density at radius 2 is 2.10 bits per heavy atom. The standard InChI is InChI=1S/C16H23N3O/c1-11(2)13-8-14(12(3)7-16(13)20-4)15-9-19(6-5-17)10-18-15/h7-11H,5-6,17H2,1-4H3. The van der Waals surface area contributed by atoms with Crippen LogP contribution in [-0.2, 0) is 6.54 Å². The summed E-state index contributed by atoms with van der Waals surface area (Å²) in [5, 5.41) is 0. The van der Waals surface area contributed by atoms with Crippen LogP contribution in [0, 0.1) is 6.92 Å². The molecule has 0 saturated heterocycles. The summed E-state index contributed by atoms with van der Waals surface area (Å²) in [6.45, 7) is 7.84. The Bertz CT molecular complexity index is 587. The van der Waals surface area contributed by atoms with Gasteiger partial charge < -0.3 is 15.0 Å². The molecule has 0 spiro atoms. The molecule has 0 saturated carbocycles. The van der Waals surface area contributed by atoms with Crippen molar-refractivity contribution < 1.29 is 4.74 Å². The first kappa shape index (κ1) is 14.6. The second kappa shape index (κ2) is 6.09. The van der Waals surface area contributed by atoms with Crippen molar-refractivity contribution in [1.82, 2.24) is 9.55 Å². The molecule has 1 aromatic carbocycles. The number of methoxy groups -OCH3 is 1. The monoisotopic (exact) mass is 273 g/mol. The van der Waals surface area contributed by atoms with Crippen LogP contribution in [0.1, 0.15) is 30.9 Å². The van der Waals surface area contributed by atoms with E-state index in [1.807, 2.05) is 17.1 Å². The molecular formula is C16H23N3O. The summed E-state index contributed by atoms with van der Waals surface area (Å²) in [5.74, 6) is 1.36. The average molecular weight is 273 g/mol. The number of benzene rings is 1. The number of nitrogens with two attached hydrogens (primary N) is 1. The van der Waals surface area contributed by atoms with Gasteiger partial charge in [-0.3, -0.25) is 0 Å². The molecule has 2 rings (SSSR count). The molecule has 2 aromatic rings. The zero-order chi connectivity index (χ0) is 14.7. The van der Waals surface area contributed by atoms with Crippen molar-refractivity contribution >= 4 is 0 Å². The van der Waals surface area contributed by atoms with Crippen molar-refractivity contribution in [1.29, 1.82) is 0 Å². The number of hydrogen-bond donors (Lipinski definition) is 1. The lowest BCUT2D eigenvalue weighted by molar-refractivity contribution is 0.407. The van der Waals surface area contributed by atoms with Crippen LogP contribution in [0.5, 0.6) is 5.75 Å². The molecule has 0 aliphatic rings. The summed E-state index contributed by atoms with van der Waals surface area (Å²) in [6, 6.07) is 4.28. The SMILES string of the molecule is COc1cc(C)c(-c2cn(CCN)cn2)cc1C(C)C. The molecule has 20 heavy (non-hydrogen) atoms. The number of imidazole rings is 1. The molecule has 1 aromatic heterocycles. The second-order valence-electron chi connectivity index (χ2n) is 5.35. The van der Waals surface area contributed by atoms with E-state index in [-0.39, 0.29) is 0 Å². The van der Waals surface area contributed by atoms with Crippen LogP contribution in [0.15, 0.2) is 24.7 Å². The van der Waals surface area contributed by atoms with E-state index in [2.05, 4.69) is 37.9 Å². The van der Waals surface area contributed by atoms with Gasteiger partial charge in [-0.2, -0.15) is 0 Å². The molecule has 0 aliphatic carbocycles. The fourth-order valence-electron chi connectivity index (χ4n) is 2.37. The zero-order valence-electron chi connectivity index (χ0n) is 12.7. The number of rotatable bonds is 5. The highest BCUT2D eigenvalue weighted by Gasteiger charge is 2.13. The van der Waals surface area contributed by atoms with Gasteiger partial charge in [0.15, 0.2) is 0 Å². The van der Waals surface area contributed by atoms with E-state index < -0.39 is 0 Å². The minimum Gasteiger partial charge on any atom is -0.496 e. The molecule has 2 N–H and O–H groups in total. The van der Waals surface area contributed by atoms with Gasteiger partial charge in [-0.25, -0.2) is 4.98 Å². The van der Waals surface area contributed by atoms with Gasteiger partial charge in [-0.1, -0.05) is 13.8 Å². The predicted octanol–water partition coefficient (Wildman–Crippen LogP) is 2.95. The quantitative estimate of drug-likeness (QED) is 0.911. The second-order valence-corrected chi connectivity index (χ2v) is 5.35. The van der Waals surface area contributed by atoms with Gasteiger partial charge in [0.1, 0.15) is 5.75 Å². The van der Waals surface area contributed by atoms with Gasteiger partial charge in [0, 0.05) is 24.8 Å². The minimum absolute atomic E-state index is 0.412. The lowest BCUT2D eigenvalue weighted by Crippen LogP contribution is -2.07. The number of ether oxygens (including phenoxy) is 1. The van der Waals surface area contributed by atoms with Gasteiger partial charge in [0.25, 0.3) is 0 Å². The van der Waals surface area contributed by atoms with Crippen molar-refractivity contribution in [2.24, 2.45) is 5.73 Å². The van der Waals surface area contributed by atoms with Crippen LogP contribution in [0.25, 0.3) is 11.3 Å². The van der Waals surface area contributed by atoms with Crippen molar-refractivity contribution in [3.05, 3.63) is 35.8 Å². The Morgan fingerprint density at radius 1 is 1.35 bits per heavy atom. The number of nitrogens with zero attached hydrogens (tertiary/aromatic N) is 2. The van der Waals surface area contributed by atoms with Gasteiger partial charge in [-0.05, 0) is 36.1 Å². The topological polar surface area (TPSA) is 53.1 Å². The molecule has 0 aliphatic heterocycles. The maximum Gasteiger partial charge on any atom is 0.122 e. The third-order valence-electron chi connectivity index (χ3n) is 3.50. The van der Waals surface area contributed by atoms with E-state index in [9.17, 15) is 0 Å². The summed E-state index contributed by atoms with van der Waals surface area (Å²) in [4.78, 5) is 4.49. The maximum absolute atomic E-state index is 5.57. The number of aryl methyl sites for hydroxylation is 1. The van der Waals surface area contributed by atoms with E-state index in [0.29, 0.717) is 12.5 Å². The Labute approximate surface area is 120 Å². The van der Waals surface area contributed by atoms with Crippen molar-refractivity contribution in [3.63, 3.8) is 0 Å². The van der Waals surface area contributed by atoms with E-state index >= 15 is 0 Å².